The first-order valence-electron chi connectivity index (χ1n) is 6.27. The van der Waals surface area contributed by atoms with Gasteiger partial charge in [-0.3, -0.25) is 4.79 Å². The van der Waals surface area contributed by atoms with Crippen molar-refractivity contribution >= 4 is 39.3 Å². The number of aromatic nitrogens is 2. The van der Waals surface area contributed by atoms with E-state index in [4.69, 9.17) is 11.6 Å². The SMILES string of the molecule is Cc1c(Br)c([N+](=O)[O-])nn1CC(=O)NCc1ccc(Cl)cc1. The molecule has 0 atom stereocenters. The van der Waals surface area contributed by atoms with Gasteiger partial charge in [-0.1, -0.05) is 23.7 Å². The minimum absolute atomic E-state index is 0.0914. The molecule has 9 heteroatoms. The standard InChI is InChI=1S/C13H12BrClN4O3/c1-8-12(14)13(19(21)22)17-18(8)7-11(20)16-6-9-2-4-10(15)5-3-9/h2-5H,6-7H2,1H3,(H,16,20). The Morgan fingerprint density at radius 1 is 1.45 bits per heavy atom. The van der Waals surface area contributed by atoms with Gasteiger partial charge in [0.25, 0.3) is 0 Å². The second-order valence-electron chi connectivity index (χ2n) is 4.54. The molecule has 1 heterocycles. The van der Waals surface area contributed by atoms with Crippen LogP contribution in [0.4, 0.5) is 5.82 Å². The minimum atomic E-state index is -0.598. The van der Waals surface area contributed by atoms with Gasteiger partial charge in [0.1, 0.15) is 11.0 Å². The van der Waals surface area contributed by atoms with Crippen molar-refractivity contribution in [1.82, 2.24) is 15.1 Å². The van der Waals surface area contributed by atoms with Crippen molar-refractivity contribution in [1.29, 1.82) is 0 Å². The van der Waals surface area contributed by atoms with Crippen LogP contribution in [0.3, 0.4) is 0 Å². The molecule has 116 valence electrons. The first-order chi connectivity index (χ1) is 10.4. The molecular weight excluding hydrogens is 376 g/mol. The molecule has 1 aromatic heterocycles. The van der Waals surface area contributed by atoms with Crippen LogP contribution in [-0.2, 0) is 17.9 Å². The summed E-state index contributed by atoms with van der Waals surface area (Å²) in [6.07, 6.45) is 0. The van der Waals surface area contributed by atoms with Gasteiger partial charge in [-0.2, -0.15) is 4.68 Å². The zero-order valence-corrected chi connectivity index (χ0v) is 13.9. The average Bonchev–Trinajstić information content (AvgIpc) is 2.75. The van der Waals surface area contributed by atoms with Crippen molar-refractivity contribution < 1.29 is 9.72 Å². The van der Waals surface area contributed by atoms with Crippen LogP contribution in [0.15, 0.2) is 28.7 Å². The summed E-state index contributed by atoms with van der Waals surface area (Å²) < 4.78 is 1.57. The van der Waals surface area contributed by atoms with Crippen LogP contribution in [-0.4, -0.2) is 20.6 Å². The van der Waals surface area contributed by atoms with Gasteiger partial charge < -0.3 is 15.4 Å². The third-order valence-electron chi connectivity index (χ3n) is 2.99. The van der Waals surface area contributed by atoms with Crippen LogP contribution >= 0.6 is 27.5 Å². The Bertz CT molecular complexity index is 715. The molecule has 0 aliphatic rings. The van der Waals surface area contributed by atoms with E-state index in [9.17, 15) is 14.9 Å². The maximum atomic E-state index is 11.9. The first-order valence-corrected chi connectivity index (χ1v) is 7.44. The van der Waals surface area contributed by atoms with Crippen molar-refractivity contribution in [2.75, 3.05) is 0 Å². The zero-order valence-electron chi connectivity index (χ0n) is 11.5. The molecule has 0 aliphatic carbocycles. The van der Waals surface area contributed by atoms with Crippen molar-refractivity contribution in [3.63, 3.8) is 0 Å². The fourth-order valence-corrected chi connectivity index (χ4v) is 2.33. The molecular formula is C13H12BrClN4O3. The summed E-state index contributed by atoms with van der Waals surface area (Å²) in [5.41, 5.74) is 1.43. The third-order valence-corrected chi connectivity index (χ3v) is 4.17. The lowest BCUT2D eigenvalue weighted by Gasteiger charge is -2.05. The summed E-state index contributed by atoms with van der Waals surface area (Å²) in [7, 11) is 0. The fraction of sp³-hybridized carbons (Fsp3) is 0.231. The largest absolute Gasteiger partial charge is 0.404 e. The van der Waals surface area contributed by atoms with Gasteiger partial charge in [-0.15, -0.1) is 0 Å². The molecule has 0 saturated carbocycles. The quantitative estimate of drug-likeness (QED) is 0.631. The Morgan fingerprint density at radius 3 is 2.64 bits per heavy atom. The van der Waals surface area contributed by atoms with Crippen LogP contribution < -0.4 is 5.32 Å². The normalized spacial score (nSPS) is 10.5. The minimum Gasteiger partial charge on any atom is -0.358 e. The highest BCUT2D eigenvalue weighted by atomic mass is 79.9. The molecule has 2 aromatic rings. The molecule has 0 spiro atoms. The molecule has 0 fully saturated rings. The summed E-state index contributed by atoms with van der Waals surface area (Å²) in [5, 5.41) is 18.0. The Morgan fingerprint density at radius 2 is 2.09 bits per heavy atom. The number of hydrogen-bond acceptors (Lipinski definition) is 4. The number of carbonyl (C=O) groups is 1. The maximum absolute atomic E-state index is 11.9. The van der Waals surface area contributed by atoms with Crippen LogP contribution in [0.2, 0.25) is 5.02 Å². The number of nitrogens with one attached hydrogen (secondary N) is 1. The van der Waals surface area contributed by atoms with Crippen molar-refractivity contribution in [2.24, 2.45) is 0 Å². The maximum Gasteiger partial charge on any atom is 0.404 e. The molecule has 1 N–H and O–H groups in total. The Balaban J connectivity index is 1.99. The molecule has 7 nitrogen and oxygen atoms in total. The van der Waals surface area contributed by atoms with E-state index >= 15 is 0 Å². The van der Waals surface area contributed by atoms with E-state index in [1.807, 2.05) is 12.1 Å². The summed E-state index contributed by atoms with van der Waals surface area (Å²) in [6, 6.07) is 7.09. The first kappa shape index (κ1) is 16.4. The number of rotatable bonds is 5. The van der Waals surface area contributed by atoms with Gasteiger partial charge in [-0.25, -0.2) is 0 Å². The molecule has 1 amide bonds. The van der Waals surface area contributed by atoms with Gasteiger partial charge in [0.15, 0.2) is 0 Å². The van der Waals surface area contributed by atoms with Crippen molar-refractivity contribution in [3.8, 4) is 0 Å². The lowest BCUT2D eigenvalue weighted by atomic mass is 10.2. The third kappa shape index (κ3) is 3.83. The second kappa shape index (κ2) is 6.89. The molecule has 1 aromatic carbocycles. The summed E-state index contributed by atoms with van der Waals surface area (Å²) in [4.78, 5) is 22.1. The molecule has 2 rings (SSSR count). The Kier molecular flexibility index (Phi) is 5.15. The van der Waals surface area contributed by atoms with E-state index in [-0.39, 0.29) is 22.7 Å². The van der Waals surface area contributed by atoms with Crippen LogP contribution in [0.1, 0.15) is 11.3 Å². The molecule has 0 bridgehead atoms. The van der Waals surface area contributed by atoms with E-state index in [1.54, 1.807) is 19.1 Å². The predicted octanol–water partition coefficient (Wildman–Crippen LogP) is 2.83. The van der Waals surface area contributed by atoms with Crippen molar-refractivity contribution in [3.05, 3.63) is 55.1 Å². The molecule has 0 unspecified atom stereocenters. The number of nitrogens with zero attached hydrogens (tertiary/aromatic N) is 3. The summed E-state index contributed by atoms with van der Waals surface area (Å²) in [5.74, 6) is -0.592. The highest BCUT2D eigenvalue weighted by Crippen LogP contribution is 2.26. The molecule has 22 heavy (non-hydrogen) atoms. The average molecular weight is 388 g/mol. The number of halogens is 2. The van der Waals surface area contributed by atoms with Gasteiger partial charge in [-0.05, 0) is 45.5 Å². The Labute approximate surface area is 139 Å². The second-order valence-corrected chi connectivity index (χ2v) is 5.77. The van der Waals surface area contributed by atoms with Crippen molar-refractivity contribution in [2.45, 2.75) is 20.0 Å². The lowest BCUT2D eigenvalue weighted by Crippen LogP contribution is -2.27. The summed E-state index contributed by atoms with van der Waals surface area (Å²) >= 11 is 8.89. The smallest absolute Gasteiger partial charge is 0.358 e. The van der Waals surface area contributed by atoms with E-state index in [1.165, 1.54) is 4.68 Å². The number of amides is 1. The van der Waals surface area contributed by atoms with Crippen LogP contribution in [0.5, 0.6) is 0 Å². The number of carbonyl (C=O) groups excluding carboxylic acids is 1. The van der Waals surface area contributed by atoms with E-state index in [2.05, 4.69) is 26.3 Å². The van der Waals surface area contributed by atoms with E-state index in [0.29, 0.717) is 17.3 Å². The highest BCUT2D eigenvalue weighted by molar-refractivity contribution is 9.10. The van der Waals surface area contributed by atoms with Crippen LogP contribution in [0, 0.1) is 17.0 Å². The lowest BCUT2D eigenvalue weighted by molar-refractivity contribution is -0.390. The predicted molar refractivity (Wildman–Crippen MR) is 84.6 cm³/mol. The molecule has 0 saturated heterocycles. The summed E-state index contributed by atoms with van der Waals surface area (Å²) in [6.45, 7) is 1.90. The Hall–Kier alpha value is -1.93. The number of nitro groups is 1. The van der Waals surface area contributed by atoms with E-state index in [0.717, 1.165) is 5.56 Å². The van der Waals surface area contributed by atoms with E-state index < -0.39 is 4.92 Å². The van der Waals surface area contributed by atoms with Gasteiger partial charge >= 0.3 is 5.82 Å². The highest BCUT2D eigenvalue weighted by Gasteiger charge is 2.24. The van der Waals surface area contributed by atoms with Gasteiger partial charge in [0.2, 0.25) is 5.91 Å². The number of benzene rings is 1. The molecule has 0 radical (unpaired) electrons. The fourth-order valence-electron chi connectivity index (χ4n) is 1.77. The topological polar surface area (TPSA) is 90.1 Å². The van der Waals surface area contributed by atoms with Gasteiger partial charge in [0.05, 0.1) is 10.8 Å². The van der Waals surface area contributed by atoms with Gasteiger partial charge in [0, 0.05) is 11.6 Å². The zero-order chi connectivity index (χ0) is 16.3. The number of hydrogen-bond donors (Lipinski definition) is 1. The molecule has 0 aliphatic heterocycles. The monoisotopic (exact) mass is 386 g/mol. The van der Waals surface area contributed by atoms with Crippen LogP contribution in [0.25, 0.3) is 0 Å².